The molecule has 0 aromatic heterocycles. The number of halogens is 2. The van der Waals surface area contributed by atoms with Crippen LogP contribution < -0.4 is 5.32 Å². The number of nitrogens with one attached hydrogen (secondary N) is 1. The van der Waals surface area contributed by atoms with Crippen LogP contribution >= 0.6 is 11.6 Å². The smallest absolute Gasteiger partial charge is 0.126 e. The van der Waals surface area contributed by atoms with Gasteiger partial charge in [-0.2, -0.15) is 5.10 Å². The number of rotatable bonds is 11. The average molecular weight is 392 g/mol. The molecule has 148 valence electrons. The van der Waals surface area contributed by atoms with Crippen LogP contribution in [-0.2, 0) is 6.54 Å². The summed E-state index contributed by atoms with van der Waals surface area (Å²) in [5, 5.41) is 9.82. The molecule has 1 aromatic rings. The predicted molar refractivity (Wildman–Crippen MR) is 116 cm³/mol. The minimum Gasteiger partial charge on any atom is -0.319 e. The molecule has 0 saturated heterocycles. The van der Waals surface area contributed by atoms with Crippen LogP contribution in [0.15, 0.2) is 58.9 Å². The van der Waals surface area contributed by atoms with Crippen molar-refractivity contribution < 1.29 is 4.39 Å². The van der Waals surface area contributed by atoms with E-state index in [0.717, 1.165) is 36.2 Å². The van der Waals surface area contributed by atoms with Crippen molar-refractivity contribution in [1.29, 1.82) is 0 Å². The molecule has 0 atom stereocenters. The van der Waals surface area contributed by atoms with Crippen molar-refractivity contribution in [3.8, 4) is 0 Å². The first-order valence-corrected chi connectivity index (χ1v) is 9.88. The molecule has 0 amide bonds. The number of aryl methyl sites for hydroxylation is 1. The van der Waals surface area contributed by atoms with Gasteiger partial charge in [-0.05, 0) is 50.1 Å². The van der Waals surface area contributed by atoms with E-state index in [9.17, 15) is 4.39 Å². The summed E-state index contributed by atoms with van der Waals surface area (Å²) in [6, 6.07) is 5.35. The Kier molecular flexibility index (Phi) is 11.4. The third-order valence-corrected chi connectivity index (χ3v) is 4.23. The maximum absolute atomic E-state index is 14.0. The maximum atomic E-state index is 14.0. The Morgan fingerprint density at radius 3 is 2.74 bits per heavy atom. The lowest BCUT2D eigenvalue weighted by Crippen LogP contribution is -2.21. The second-order valence-electron chi connectivity index (χ2n) is 6.19. The van der Waals surface area contributed by atoms with E-state index in [1.54, 1.807) is 13.0 Å². The topological polar surface area (TPSA) is 27.6 Å². The van der Waals surface area contributed by atoms with E-state index in [1.807, 2.05) is 55.6 Å². The highest BCUT2D eigenvalue weighted by Crippen LogP contribution is 2.18. The quantitative estimate of drug-likeness (QED) is 0.231. The number of allylic oxidation sites excluding steroid dienone is 5. The van der Waals surface area contributed by atoms with Crippen LogP contribution in [0.25, 0.3) is 0 Å². The molecule has 0 aliphatic heterocycles. The summed E-state index contributed by atoms with van der Waals surface area (Å²) in [4.78, 5) is 0. The lowest BCUT2D eigenvalue weighted by molar-refractivity contribution is 0.341. The number of hydrazone groups is 1. The Morgan fingerprint density at radius 1 is 1.37 bits per heavy atom. The molecule has 0 heterocycles. The molecule has 0 bridgehead atoms. The van der Waals surface area contributed by atoms with Crippen LogP contribution in [0.2, 0.25) is 0 Å². The van der Waals surface area contributed by atoms with Crippen molar-refractivity contribution in [3.63, 3.8) is 0 Å². The Hall–Kier alpha value is -1.91. The van der Waals surface area contributed by atoms with Gasteiger partial charge < -0.3 is 5.32 Å². The van der Waals surface area contributed by atoms with Gasteiger partial charge in [-0.25, -0.2) is 4.39 Å². The maximum Gasteiger partial charge on any atom is 0.126 e. The molecule has 1 N–H and O–H groups in total. The highest BCUT2D eigenvalue weighted by molar-refractivity contribution is 6.18. The zero-order valence-corrected chi connectivity index (χ0v) is 17.6. The van der Waals surface area contributed by atoms with Gasteiger partial charge in [0.05, 0.1) is 12.8 Å². The van der Waals surface area contributed by atoms with Crippen LogP contribution in [0.5, 0.6) is 0 Å². The molecule has 1 rings (SSSR count). The average Bonchev–Trinajstić information content (AvgIpc) is 2.67. The summed E-state index contributed by atoms with van der Waals surface area (Å²) < 4.78 is 14.0. The third kappa shape index (κ3) is 8.55. The summed E-state index contributed by atoms with van der Waals surface area (Å²) in [6.45, 7) is 7.20. The predicted octanol–water partition coefficient (Wildman–Crippen LogP) is 5.57. The monoisotopic (exact) mass is 391 g/mol. The molecule has 0 fully saturated rings. The van der Waals surface area contributed by atoms with Gasteiger partial charge in [0.2, 0.25) is 0 Å². The third-order valence-electron chi connectivity index (χ3n) is 4.05. The second-order valence-corrected chi connectivity index (χ2v) is 6.50. The Morgan fingerprint density at radius 2 is 2.15 bits per heavy atom. The molecule has 3 nitrogen and oxygen atoms in total. The zero-order chi connectivity index (χ0) is 20.1. The van der Waals surface area contributed by atoms with Crippen molar-refractivity contribution in [2.45, 2.75) is 40.2 Å². The molecule has 0 aliphatic carbocycles. The van der Waals surface area contributed by atoms with E-state index in [0.29, 0.717) is 18.0 Å². The summed E-state index contributed by atoms with van der Waals surface area (Å²) >= 11 is 5.73. The zero-order valence-electron chi connectivity index (χ0n) is 16.8. The van der Waals surface area contributed by atoms with Crippen LogP contribution in [0.3, 0.4) is 0 Å². The van der Waals surface area contributed by atoms with Crippen molar-refractivity contribution in [3.05, 3.63) is 70.7 Å². The van der Waals surface area contributed by atoms with Gasteiger partial charge >= 0.3 is 0 Å². The Labute approximate surface area is 168 Å². The lowest BCUT2D eigenvalue weighted by atomic mass is 10.1. The van der Waals surface area contributed by atoms with Crippen molar-refractivity contribution in [2.75, 3.05) is 19.5 Å². The molecular weight excluding hydrogens is 361 g/mol. The molecule has 0 aliphatic rings. The highest BCUT2D eigenvalue weighted by atomic mass is 35.5. The van der Waals surface area contributed by atoms with Crippen LogP contribution in [0, 0.1) is 12.7 Å². The van der Waals surface area contributed by atoms with Crippen LogP contribution in [-0.4, -0.2) is 30.7 Å². The molecule has 0 spiro atoms. The van der Waals surface area contributed by atoms with Crippen molar-refractivity contribution >= 4 is 17.8 Å². The van der Waals surface area contributed by atoms with Gasteiger partial charge in [-0.15, -0.1) is 11.6 Å². The molecule has 0 radical (unpaired) electrons. The van der Waals surface area contributed by atoms with E-state index in [-0.39, 0.29) is 5.82 Å². The number of hydrogen-bond acceptors (Lipinski definition) is 3. The number of benzene rings is 1. The van der Waals surface area contributed by atoms with Gasteiger partial charge in [0.1, 0.15) is 5.82 Å². The Bertz CT molecular complexity index is 693. The van der Waals surface area contributed by atoms with Crippen LogP contribution in [0.4, 0.5) is 4.39 Å². The van der Waals surface area contributed by atoms with E-state index in [4.69, 9.17) is 16.7 Å². The minimum absolute atomic E-state index is 0.188. The van der Waals surface area contributed by atoms with Crippen molar-refractivity contribution in [2.24, 2.45) is 5.10 Å². The van der Waals surface area contributed by atoms with Gasteiger partial charge in [0.25, 0.3) is 0 Å². The Balaban J connectivity index is 3.14. The van der Waals surface area contributed by atoms with E-state index < -0.39 is 0 Å². The van der Waals surface area contributed by atoms with Gasteiger partial charge in [-0.3, -0.25) is 5.01 Å². The first-order chi connectivity index (χ1) is 13.0. The fraction of sp³-hybridized carbons (Fsp3) is 0.409. The van der Waals surface area contributed by atoms with Crippen molar-refractivity contribution in [1.82, 2.24) is 10.3 Å². The molecule has 27 heavy (non-hydrogen) atoms. The molecule has 0 unspecified atom stereocenters. The SMILES string of the molecule is C/C=C(\C=C/CCl)/C=N/N(Cc1ccc(C)c(F)c1)/C(=C/CC)CCNC. The summed E-state index contributed by atoms with van der Waals surface area (Å²) in [6.07, 6.45) is 11.5. The van der Waals surface area contributed by atoms with Gasteiger partial charge in [0.15, 0.2) is 0 Å². The first-order valence-electron chi connectivity index (χ1n) is 9.34. The first kappa shape index (κ1) is 23.1. The normalized spacial score (nSPS) is 13.1. The largest absolute Gasteiger partial charge is 0.319 e. The summed E-state index contributed by atoms with van der Waals surface area (Å²) in [7, 11) is 1.93. The van der Waals surface area contributed by atoms with E-state index >= 15 is 0 Å². The summed E-state index contributed by atoms with van der Waals surface area (Å²) in [5.74, 6) is 0.271. The van der Waals surface area contributed by atoms with Crippen LogP contribution in [0.1, 0.15) is 37.8 Å². The minimum atomic E-state index is -0.188. The fourth-order valence-corrected chi connectivity index (χ4v) is 2.57. The van der Waals surface area contributed by atoms with E-state index in [2.05, 4.69) is 18.3 Å². The standard InChI is InChI=1S/C22H31ClFN3/c1-5-8-21(12-14-25-4)27(26-16-19(6-2)9-7-13-23)17-20-11-10-18(3)22(24)15-20/h6-11,15-16,25H,5,12-14,17H2,1-4H3/b9-7-,19-6+,21-8+,26-16+. The lowest BCUT2D eigenvalue weighted by Gasteiger charge is -2.23. The number of hydrogen-bond donors (Lipinski definition) is 1. The highest BCUT2D eigenvalue weighted by Gasteiger charge is 2.10. The second kappa shape index (κ2) is 13.3. The van der Waals surface area contributed by atoms with Gasteiger partial charge in [-0.1, -0.05) is 43.4 Å². The number of nitrogens with zero attached hydrogens (tertiary/aromatic N) is 2. The fourth-order valence-electron chi connectivity index (χ4n) is 2.48. The molecule has 5 heteroatoms. The van der Waals surface area contributed by atoms with Gasteiger partial charge in [0, 0.05) is 24.5 Å². The molecule has 1 aromatic carbocycles. The van der Waals surface area contributed by atoms with E-state index in [1.165, 1.54) is 0 Å². The number of alkyl halides is 1. The molecular formula is C22H31ClFN3. The summed E-state index contributed by atoms with van der Waals surface area (Å²) in [5.41, 5.74) is 3.62. The molecule has 0 saturated carbocycles.